The van der Waals surface area contributed by atoms with Gasteiger partial charge in [0, 0.05) is 6.04 Å². The molecule has 5 nitrogen and oxygen atoms in total. The zero-order chi connectivity index (χ0) is 13.8. The number of carboxylic acids is 1. The largest absolute Gasteiger partial charge is 0.480 e. The van der Waals surface area contributed by atoms with Gasteiger partial charge in [0.15, 0.2) is 0 Å². The van der Waals surface area contributed by atoms with Crippen molar-refractivity contribution >= 4 is 11.9 Å². The van der Waals surface area contributed by atoms with Crippen molar-refractivity contribution in [2.45, 2.75) is 59.2 Å². The normalized spacial score (nSPS) is 13.9. The molecule has 0 aromatic heterocycles. The van der Waals surface area contributed by atoms with Crippen LogP contribution in [0.1, 0.15) is 41.5 Å². The molecule has 0 aliphatic carbocycles. The van der Waals surface area contributed by atoms with Crippen LogP contribution >= 0.6 is 0 Å². The lowest BCUT2D eigenvalue weighted by Crippen LogP contribution is -2.58. The number of likely N-dealkylation sites (N-methyl/N-ethyl adjacent to an activating group) is 1. The van der Waals surface area contributed by atoms with Gasteiger partial charge >= 0.3 is 5.97 Å². The van der Waals surface area contributed by atoms with Gasteiger partial charge < -0.3 is 10.4 Å². The van der Waals surface area contributed by atoms with Crippen LogP contribution in [-0.4, -0.2) is 46.1 Å². The Morgan fingerprint density at radius 2 is 1.76 bits per heavy atom. The summed E-state index contributed by atoms with van der Waals surface area (Å²) in [5.74, 6) is -1.07. The van der Waals surface area contributed by atoms with Crippen molar-refractivity contribution in [3.05, 3.63) is 0 Å². The summed E-state index contributed by atoms with van der Waals surface area (Å²) in [4.78, 5) is 24.7. The number of amides is 1. The highest BCUT2D eigenvalue weighted by Gasteiger charge is 2.38. The summed E-state index contributed by atoms with van der Waals surface area (Å²) < 4.78 is 0. The van der Waals surface area contributed by atoms with Gasteiger partial charge in [0.2, 0.25) is 5.91 Å². The Balaban J connectivity index is 4.89. The lowest BCUT2D eigenvalue weighted by molar-refractivity contribution is -0.152. The summed E-state index contributed by atoms with van der Waals surface area (Å²) in [7, 11) is 0. The van der Waals surface area contributed by atoms with Crippen LogP contribution in [0.5, 0.6) is 0 Å². The maximum Gasteiger partial charge on any atom is 0.323 e. The molecular weight excluding hydrogens is 220 g/mol. The topological polar surface area (TPSA) is 69.6 Å². The lowest BCUT2D eigenvalue weighted by Gasteiger charge is -2.38. The van der Waals surface area contributed by atoms with E-state index in [4.69, 9.17) is 0 Å². The first-order valence-corrected chi connectivity index (χ1v) is 5.95. The van der Waals surface area contributed by atoms with Gasteiger partial charge in [0.1, 0.15) is 5.54 Å². The van der Waals surface area contributed by atoms with Crippen molar-refractivity contribution in [2.75, 3.05) is 6.54 Å². The van der Waals surface area contributed by atoms with Crippen molar-refractivity contribution in [2.24, 2.45) is 0 Å². The first kappa shape index (κ1) is 15.9. The van der Waals surface area contributed by atoms with E-state index in [0.29, 0.717) is 6.54 Å². The molecule has 0 saturated heterocycles. The molecule has 0 fully saturated rings. The molecule has 0 spiro atoms. The summed E-state index contributed by atoms with van der Waals surface area (Å²) in [5, 5.41) is 12.0. The Morgan fingerprint density at radius 3 is 2.06 bits per heavy atom. The zero-order valence-electron chi connectivity index (χ0n) is 11.6. The average Bonchev–Trinajstić information content (AvgIpc) is 2.16. The molecule has 5 heteroatoms. The number of hydrogen-bond acceptors (Lipinski definition) is 3. The van der Waals surface area contributed by atoms with E-state index in [1.807, 2.05) is 20.8 Å². The number of rotatable bonds is 6. The second-order valence-electron chi connectivity index (χ2n) is 4.99. The van der Waals surface area contributed by atoms with Gasteiger partial charge in [-0.2, -0.15) is 0 Å². The molecule has 0 heterocycles. The van der Waals surface area contributed by atoms with Crippen molar-refractivity contribution in [1.82, 2.24) is 10.2 Å². The first-order valence-electron chi connectivity index (χ1n) is 5.95. The number of nitrogens with zero attached hydrogens (tertiary/aromatic N) is 1. The van der Waals surface area contributed by atoms with Gasteiger partial charge in [0.25, 0.3) is 0 Å². The minimum Gasteiger partial charge on any atom is -0.480 e. The molecule has 17 heavy (non-hydrogen) atoms. The van der Waals surface area contributed by atoms with Crippen LogP contribution in [0.25, 0.3) is 0 Å². The van der Waals surface area contributed by atoms with E-state index in [9.17, 15) is 14.7 Å². The van der Waals surface area contributed by atoms with Gasteiger partial charge in [-0.15, -0.1) is 0 Å². The van der Waals surface area contributed by atoms with Crippen LogP contribution in [-0.2, 0) is 9.59 Å². The first-order chi connectivity index (χ1) is 7.64. The number of carbonyl (C=O) groups is 2. The smallest absolute Gasteiger partial charge is 0.323 e. The second-order valence-corrected chi connectivity index (χ2v) is 4.99. The quantitative estimate of drug-likeness (QED) is 0.733. The molecule has 0 aliphatic rings. The van der Waals surface area contributed by atoms with E-state index in [1.165, 1.54) is 0 Å². The van der Waals surface area contributed by atoms with E-state index < -0.39 is 17.6 Å². The summed E-state index contributed by atoms with van der Waals surface area (Å²) in [6.07, 6.45) is 0. The third-order valence-corrected chi connectivity index (χ3v) is 2.86. The Labute approximate surface area is 103 Å². The fraction of sp³-hybridized carbons (Fsp3) is 0.833. The number of carbonyl (C=O) groups excluding carboxylic acids is 1. The molecule has 0 aliphatic heterocycles. The van der Waals surface area contributed by atoms with Crippen LogP contribution in [0.3, 0.4) is 0 Å². The van der Waals surface area contributed by atoms with E-state index in [2.05, 4.69) is 5.32 Å². The maximum absolute atomic E-state index is 11.9. The van der Waals surface area contributed by atoms with Crippen LogP contribution in [0.15, 0.2) is 0 Å². The molecule has 0 aromatic rings. The molecule has 0 radical (unpaired) electrons. The summed E-state index contributed by atoms with van der Waals surface area (Å²) in [6.45, 7) is 11.1. The van der Waals surface area contributed by atoms with Crippen molar-refractivity contribution in [3.63, 3.8) is 0 Å². The van der Waals surface area contributed by atoms with Crippen LogP contribution in [0.2, 0.25) is 0 Å². The number of aliphatic carboxylic acids is 1. The van der Waals surface area contributed by atoms with Gasteiger partial charge in [-0.25, -0.2) is 0 Å². The second kappa shape index (κ2) is 6.00. The Bertz CT molecular complexity index is 287. The third kappa shape index (κ3) is 4.00. The minimum atomic E-state index is -1.05. The molecule has 100 valence electrons. The molecule has 1 atom stereocenters. The lowest BCUT2D eigenvalue weighted by atomic mass is 10.0. The molecule has 0 bridgehead atoms. The summed E-state index contributed by atoms with van der Waals surface area (Å²) in [5.41, 5.74) is -1.05. The monoisotopic (exact) mass is 244 g/mol. The molecule has 1 unspecified atom stereocenters. The average molecular weight is 244 g/mol. The van der Waals surface area contributed by atoms with Gasteiger partial charge in [-0.1, -0.05) is 6.92 Å². The highest BCUT2D eigenvalue weighted by atomic mass is 16.4. The van der Waals surface area contributed by atoms with Crippen molar-refractivity contribution in [3.8, 4) is 0 Å². The number of hydrogen-bond donors (Lipinski definition) is 2. The molecule has 2 N–H and O–H groups in total. The Hall–Kier alpha value is -1.10. The highest BCUT2D eigenvalue weighted by Crippen LogP contribution is 2.18. The van der Waals surface area contributed by atoms with Gasteiger partial charge in [0.05, 0.1) is 6.04 Å². The van der Waals surface area contributed by atoms with Crippen LogP contribution < -0.4 is 5.32 Å². The van der Waals surface area contributed by atoms with Crippen LogP contribution in [0.4, 0.5) is 0 Å². The standard InChI is InChI=1S/C12H24N2O3/c1-7-14(12(5,6)11(16)17)9(4)10(15)13-8(2)3/h8-9H,7H2,1-6H3,(H,13,15)(H,16,17). The number of carboxylic acid groups (broad SMARTS) is 1. The molecule has 0 aromatic carbocycles. The zero-order valence-corrected chi connectivity index (χ0v) is 11.6. The fourth-order valence-electron chi connectivity index (χ4n) is 1.82. The predicted octanol–water partition coefficient (Wildman–Crippen LogP) is 1.08. The maximum atomic E-state index is 11.9. The van der Waals surface area contributed by atoms with E-state index in [1.54, 1.807) is 25.7 Å². The van der Waals surface area contributed by atoms with Gasteiger partial charge in [-0.05, 0) is 41.2 Å². The van der Waals surface area contributed by atoms with E-state index in [0.717, 1.165) is 0 Å². The Morgan fingerprint density at radius 1 is 1.29 bits per heavy atom. The SMILES string of the molecule is CCN(C(C)C(=O)NC(C)C)C(C)(C)C(=O)O. The van der Waals surface area contributed by atoms with E-state index in [-0.39, 0.29) is 11.9 Å². The highest BCUT2D eigenvalue weighted by molar-refractivity contribution is 5.84. The van der Waals surface area contributed by atoms with Gasteiger partial charge in [-0.3, -0.25) is 14.5 Å². The minimum absolute atomic E-state index is 0.0524. The summed E-state index contributed by atoms with van der Waals surface area (Å²) in [6, 6.07) is -0.412. The fourth-order valence-corrected chi connectivity index (χ4v) is 1.82. The van der Waals surface area contributed by atoms with E-state index >= 15 is 0 Å². The summed E-state index contributed by atoms with van der Waals surface area (Å²) >= 11 is 0. The Kier molecular flexibility index (Phi) is 5.61. The van der Waals surface area contributed by atoms with Crippen molar-refractivity contribution in [1.29, 1.82) is 0 Å². The number of nitrogens with one attached hydrogen (secondary N) is 1. The third-order valence-electron chi connectivity index (χ3n) is 2.86. The molecule has 0 rings (SSSR count). The molecule has 1 amide bonds. The van der Waals surface area contributed by atoms with Crippen LogP contribution in [0, 0.1) is 0 Å². The van der Waals surface area contributed by atoms with Crippen molar-refractivity contribution < 1.29 is 14.7 Å². The molecule has 0 saturated carbocycles. The predicted molar refractivity (Wildman–Crippen MR) is 66.8 cm³/mol. The molecular formula is C12H24N2O3.